The van der Waals surface area contributed by atoms with E-state index in [0.717, 1.165) is 31.6 Å². The van der Waals surface area contributed by atoms with Crippen LogP contribution in [-0.4, -0.2) is 23.7 Å². The number of rotatable bonds is 7. The van der Waals surface area contributed by atoms with Crippen molar-refractivity contribution in [2.24, 2.45) is 7.05 Å². The molecular weight excluding hydrogens is 214 g/mol. The summed E-state index contributed by atoms with van der Waals surface area (Å²) >= 11 is 0. The van der Waals surface area contributed by atoms with Crippen LogP contribution in [0.3, 0.4) is 0 Å². The van der Waals surface area contributed by atoms with Crippen molar-refractivity contribution in [2.45, 2.75) is 32.9 Å². The molecule has 0 aliphatic carbocycles. The average Bonchev–Trinajstić information content (AvgIpc) is 2.27. The van der Waals surface area contributed by atoms with Gasteiger partial charge >= 0.3 is 0 Å². The Morgan fingerprint density at radius 3 is 2.76 bits per heavy atom. The van der Waals surface area contributed by atoms with E-state index >= 15 is 0 Å². The Morgan fingerprint density at radius 1 is 1.35 bits per heavy atom. The van der Waals surface area contributed by atoms with E-state index in [-0.39, 0.29) is 5.56 Å². The molecule has 4 nitrogen and oxygen atoms in total. The normalized spacial score (nSPS) is 11.1. The van der Waals surface area contributed by atoms with Crippen LogP contribution >= 0.6 is 0 Å². The van der Waals surface area contributed by atoms with Crippen LogP contribution in [0.2, 0.25) is 0 Å². The lowest BCUT2D eigenvalue weighted by Crippen LogP contribution is -2.27. The van der Waals surface area contributed by atoms with Gasteiger partial charge in [-0.05, 0) is 31.1 Å². The van der Waals surface area contributed by atoms with Gasteiger partial charge in [0.05, 0.1) is 0 Å². The van der Waals surface area contributed by atoms with Gasteiger partial charge in [-0.2, -0.15) is 0 Å². The highest BCUT2D eigenvalue weighted by Gasteiger charge is 1.96. The second-order valence-corrected chi connectivity index (χ2v) is 4.62. The monoisotopic (exact) mass is 237 g/mol. The lowest BCUT2D eigenvalue weighted by Gasteiger charge is -2.08. The average molecular weight is 237 g/mol. The van der Waals surface area contributed by atoms with Gasteiger partial charge in [0, 0.05) is 31.9 Å². The summed E-state index contributed by atoms with van der Waals surface area (Å²) in [5, 5.41) is 6.70. The summed E-state index contributed by atoms with van der Waals surface area (Å²) in [6.07, 6.45) is 2.91. The molecular formula is C13H23N3O. The van der Waals surface area contributed by atoms with Gasteiger partial charge in [0.25, 0.3) is 5.56 Å². The second-order valence-electron chi connectivity index (χ2n) is 4.62. The van der Waals surface area contributed by atoms with Gasteiger partial charge in [0.2, 0.25) is 0 Å². The maximum absolute atomic E-state index is 11.4. The van der Waals surface area contributed by atoms with Crippen molar-refractivity contribution in [2.75, 3.05) is 13.1 Å². The molecule has 2 N–H and O–H groups in total. The van der Waals surface area contributed by atoms with Crippen molar-refractivity contribution < 1.29 is 0 Å². The molecule has 0 fully saturated rings. The molecule has 0 radical (unpaired) electrons. The molecule has 0 aliphatic heterocycles. The highest BCUT2D eigenvalue weighted by Crippen LogP contribution is 1.93. The standard InChI is InChI=1S/C13H23N3O/c1-11(2)15-7-4-6-14-10-12-5-8-16(3)13(17)9-12/h5,8-9,11,14-15H,4,6-7,10H2,1-3H3. The highest BCUT2D eigenvalue weighted by atomic mass is 16.1. The van der Waals surface area contributed by atoms with Gasteiger partial charge in [-0.15, -0.1) is 0 Å². The molecule has 0 amide bonds. The summed E-state index contributed by atoms with van der Waals surface area (Å²) in [7, 11) is 1.76. The van der Waals surface area contributed by atoms with Crippen LogP contribution in [0.15, 0.2) is 23.1 Å². The molecule has 1 aromatic rings. The fourth-order valence-electron chi connectivity index (χ4n) is 1.54. The van der Waals surface area contributed by atoms with Gasteiger partial charge in [0.15, 0.2) is 0 Å². The first kappa shape index (κ1) is 13.9. The molecule has 1 aromatic heterocycles. The van der Waals surface area contributed by atoms with Crippen molar-refractivity contribution in [3.8, 4) is 0 Å². The van der Waals surface area contributed by atoms with Crippen LogP contribution in [0, 0.1) is 0 Å². The molecule has 0 aromatic carbocycles. The van der Waals surface area contributed by atoms with E-state index in [1.165, 1.54) is 0 Å². The molecule has 1 rings (SSSR count). The van der Waals surface area contributed by atoms with E-state index in [1.54, 1.807) is 23.9 Å². The largest absolute Gasteiger partial charge is 0.319 e. The van der Waals surface area contributed by atoms with E-state index in [4.69, 9.17) is 0 Å². The Kier molecular flexibility index (Phi) is 5.94. The van der Waals surface area contributed by atoms with Crippen LogP contribution < -0.4 is 16.2 Å². The lowest BCUT2D eigenvalue weighted by atomic mass is 10.2. The van der Waals surface area contributed by atoms with E-state index in [2.05, 4.69) is 24.5 Å². The molecule has 0 spiro atoms. The SMILES string of the molecule is CC(C)NCCCNCc1ccn(C)c(=O)c1. The zero-order valence-electron chi connectivity index (χ0n) is 11.0. The molecule has 1 heterocycles. The summed E-state index contributed by atoms with van der Waals surface area (Å²) in [5.74, 6) is 0. The molecule has 0 saturated heterocycles. The van der Waals surface area contributed by atoms with Gasteiger partial charge in [0.1, 0.15) is 0 Å². The summed E-state index contributed by atoms with van der Waals surface area (Å²) in [4.78, 5) is 11.4. The second kappa shape index (κ2) is 7.25. The number of hydrogen-bond acceptors (Lipinski definition) is 3. The topological polar surface area (TPSA) is 46.1 Å². The molecule has 0 saturated carbocycles. The van der Waals surface area contributed by atoms with Crippen molar-refractivity contribution in [1.29, 1.82) is 0 Å². The molecule has 96 valence electrons. The van der Waals surface area contributed by atoms with Crippen molar-refractivity contribution >= 4 is 0 Å². The van der Waals surface area contributed by atoms with E-state index < -0.39 is 0 Å². The van der Waals surface area contributed by atoms with E-state index in [1.807, 2.05) is 6.07 Å². The molecule has 0 aliphatic rings. The first-order valence-corrected chi connectivity index (χ1v) is 6.19. The lowest BCUT2D eigenvalue weighted by molar-refractivity contribution is 0.547. The van der Waals surface area contributed by atoms with Crippen LogP contribution in [0.25, 0.3) is 0 Å². The van der Waals surface area contributed by atoms with Crippen molar-refractivity contribution in [3.63, 3.8) is 0 Å². The predicted octanol–water partition coefficient (Wildman–Crippen LogP) is 0.863. The third-order valence-electron chi connectivity index (χ3n) is 2.58. The summed E-state index contributed by atoms with van der Waals surface area (Å²) in [6.45, 7) is 7.05. The molecule has 4 heteroatoms. The highest BCUT2D eigenvalue weighted by molar-refractivity contribution is 5.10. The number of aromatic nitrogens is 1. The summed E-state index contributed by atoms with van der Waals surface area (Å²) in [6, 6.07) is 4.20. The number of aryl methyl sites for hydroxylation is 1. The number of pyridine rings is 1. The third kappa shape index (κ3) is 5.65. The first-order chi connectivity index (χ1) is 8.09. The van der Waals surface area contributed by atoms with Gasteiger partial charge in [-0.25, -0.2) is 0 Å². The molecule has 0 atom stereocenters. The smallest absolute Gasteiger partial charge is 0.250 e. The Hall–Kier alpha value is -1.13. The maximum atomic E-state index is 11.4. The maximum Gasteiger partial charge on any atom is 0.250 e. The quantitative estimate of drug-likeness (QED) is 0.692. The Morgan fingerprint density at radius 2 is 2.12 bits per heavy atom. The van der Waals surface area contributed by atoms with Crippen LogP contribution in [-0.2, 0) is 13.6 Å². The molecule has 0 bridgehead atoms. The van der Waals surface area contributed by atoms with Crippen LogP contribution in [0.4, 0.5) is 0 Å². The zero-order chi connectivity index (χ0) is 12.7. The minimum atomic E-state index is 0.0470. The fraction of sp³-hybridized carbons (Fsp3) is 0.615. The van der Waals surface area contributed by atoms with Gasteiger partial charge < -0.3 is 15.2 Å². The minimum Gasteiger partial charge on any atom is -0.319 e. The predicted molar refractivity (Wildman–Crippen MR) is 71.1 cm³/mol. The minimum absolute atomic E-state index is 0.0470. The first-order valence-electron chi connectivity index (χ1n) is 6.19. The van der Waals surface area contributed by atoms with Crippen LogP contribution in [0.5, 0.6) is 0 Å². The number of hydrogen-bond donors (Lipinski definition) is 2. The fourth-order valence-corrected chi connectivity index (χ4v) is 1.54. The van der Waals surface area contributed by atoms with E-state index in [0.29, 0.717) is 6.04 Å². The number of nitrogens with one attached hydrogen (secondary N) is 2. The summed E-state index contributed by atoms with van der Waals surface area (Å²) < 4.78 is 1.58. The zero-order valence-corrected chi connectivity index (χ0v) is 11.0. The summed E-state index contributed by atoms with van der Waals surface area (Å²) in [5.41, 5.74) is 1.09. The van der Waals surface area contributed by atoms with Crippen LogP contribution in [0.1, 0.15) is 25.8 Å². The Bertz CT molecular complexity index is 384. The Labute approximate surface area is 103 Å². The van der Waals surface area contributed by atoms with Crippen molar-refractivity contribution in [1.82, 2.24) is 15.2 Å². The molecule has 17 heavy (non-hydrogen) atoms. The van der Waals surface area contributed by atoms with E-state index in [9.17, 15) is 4.79 Å². The third-order valence-corrected chi connectivity index (χ3v) is 2.58. The number of nitrogens with zero attached hydrogens (tertiary/aromatic N) is 1. The Balaban J connectivity index is 2.18. The van der Waals surface area contributed by atoms with Gasteiger partial charge in [-0.3, -0.25) is 4.79 Å². The van der Waals surface area contributed by atoms with Crippen molar-refractivity contribution in [3.05, 3.63) is 34.2 Å². The van der Waals surface area contributed by atoms with Gasteiger partial charge in [-0.1, -0.05) is 13.8 Å². The molecule has 0 unspecified atom stereocenters.